The van der Waals surface area contributed by atoms with E-state index in [4.69, 9.17) is 4.42 Å². The van der Waals surface area contributed by atoms with Gasteiger partial charge in [0.15, 0.2) is 0 Å². The zero-order chi connectivity index (χ0) is 21.0. The Bertz CT molecular complexity index is 879. The normalized spacial score (nSPS) is 15.0. The molecule has 2 aromatic rings. The van der Waals surface area contributed by atoms with Gasteiger partial charge in [0, 0.05) is 43.1 Å². The standard InChI is InChI=1S/C19H21F3N4O3/c1-2-15(27)26-7-5-11(6-8-26)17(28)23-10-13-4-3-12(9-14(13)20)18-24-25-19(29-18)16(21)22/h3-4,9,11,16H,2,5-8,10H2,1H3,(H,23,28). The molecule has 0 radical (unpaired) electrons. The molecule has 0 atom stereocenters. The second-order valence-electron chi connectivity index (χ2n) is 6.78. The molecule has 1 N–H and O–H groups in total. The lowest BCUT2D eigenvalue weighted by atomic mass is 9.95. The number of piperidine rings is 1. The number of aromatic nitrogens is 2. The lowest BCUT2D eigenvalue weighted by Crippen LogP contribution is -2.42. The molecule has 1 aliphatic heterocycles. The van der Waals surface area contributed by atoms with E-state index in [1.165, 1.54) is 12.1 Å². The van der Waals surface area contributed by atoms with Crippen molar-refractivity contribution in [2.75, 3.05) is 13.1 Å². The summed E-state index contributed by atoms with van der Waals surface area (Å²) in [4.78, 5) is 25.8. The molecule has 29 heavy (non-hydrogen) atoms. The van der Waals surface area contributed by atoms with Crippen molar-refractivity contribution in [2.24, 2.45) is 5.92 Å². The maximum Gasteiger partial charge on any atom is 0.314 e. The van der Waals surface area contributed by atoms with Crippen molar-refractivity contribution in [3.63, 3.8) is 0 Å². The van der Waals surface area contributed by atoms with E-state index >= 15 is 0 Å². The summed E-state index contributed by atoms with van der Waals surface area (Å²) in [5, 5.41) is 9.40. The van der Waals surface area contributed by atoms with Crippen LogP contribution in [-0.2, 0) is 16.1 Å². The van der Waals surface area contributed by atoms with E-state index in [1.807, 2.05) is 0 Å². The Morgan fingerprint density at radius 3 is 2.59 bits per heavy atom. The summed E-state index contributed by atoms with van der Waals surface area (Å²) in [6, 6.07) is 3.99. The van der Waals surface area contributed by atoms with E-state index in [1.54, 1.807) is 11.8 Å². The molecular weight excluding hydrogens is 389 g/mol. The third-order valence-electron chi connectivity index (χ3n) is 4.90. The SMILES string of the molecule is CCC(=O)N1CCC(C(=O)NCc2ccc(-c3nnc(C(F)F)o3)cc2F)CC1. The fourth-order valence-corrected chi connectivity index (χ4v) is 3.20. The zero-order valence-corrected chi connectivity index (χ0v) is 15.8. The van der Waals surface area contributed by atoms with Crippen molar-refractivity contribution in [1.29, 1.82) is 0 Å². The summed E-state index contributed by atoms with van der Waals surface area (Å²) in [7, 11) is 0. The van der Waals surface area contributed by atoms with Crippen LogP contribution >= 0.6 is 0 Å². The van der Waals surface area contributed by atoms with Crippen molar-refractivity contribution >= 4 is 11.8 Å². The number of benzene rings is 1. The van der Waals surface area contributed by atoms with Crippen LogP contribution in [0.25, 0.3) is 11.5 Å². The molecule has 1 saturated heterocycles. The second-order valence-corrected chi connectivity index (χ2v) is 6.78. The maximum absolute atomic E-state index is 14.3. The Hall–Kier alpha value is -2.91. The van der Waals surface area contributed by atoms with Crippen LogP contribution in [0.4, 0.5) is 13.2 Å². The van der Waals surface area contributed by atoms with Crippen molar-refractivity contribution in [3.8, 4) is 11.5 Å². The van der Waals surface area contributed by atoms with Gasteiger partial charge in [0.1, 0.15) is 5.82 Å². The van der Waals surface area contributed by atoms with Crippen molar-refractivity contribution < 1.29 is 27.2 Å². The Morgan fingerprint density at radius 2 is 2.00 bits per heavy atom. The lowest BCUT2D eigenvalue weighted by molar-refractivity contribution is -0.135. The summed E-state index contributed by atoms with van der Waals surface area (Å²) in [6.45, 7) is 2.87. The molecule has 156 valence electrons. The quantitative estimate of drug-likeness (QED) is 0.791. The van der Waals surface area contributed by atoms with E-state index in [0.29, 0.717) is 32.4 Å². The number of carbonyl (C=O) groups excluding carboxylic acids is 2. The number of hydrogen-bond acceptors (Lipinski definition) is 5. The molecule has 1 aliphatic rings. The van der Waals surface area contributed by atoms with E-state index in [2.05, 4.69) is 15.5 Å². The maximum atomic E-state index is 14.3. The molecule has 0 aliphatic carbocycles. The van der Waals surface area contributed by atoms with Gasteiger partial charge in [-0.15, -0.1) is 10.2 Å². The summed E-state index contributed by atoms with van der Waals surface area (Å²) in [5.74, 6) is -1.98. The smallest absolute Gasteiger partial charge is 0.314 e. The largest absolute Gasteiger partial charge is 0.415 e. The van der Waals surface area contributed by atoms with Gasteiger partial charge in [0.2, 0.25) is 17.7 Å². The summed E-state index contributed by atoms with van der Waals surface area (Å²) in [6.07, 6.45) is -1.31. The minimum atomic E-state index is -2.90. The number of nitrogens with one attached hydrogen (secondary N) is 1. The summed E-state index contributed by atoms with van der Waals surface area (Å²) < 4.78 is 44.2. The molecular formula is C19H21F3N4O3. The molecule has 2 amide bonds. The van der Waals surface area contributed by atoms with E-state index in [0.717, 1.165) is 6.07 Å². The average Bonchev–Trinajstić information content (AvgIpc) is 3.23. The Labute approximate surface area is 165 Å². The van der Waals surface area contributed by atoms with Gasteiger partial charge in [-0.3, -0.25) is 9.59 Å². The van der Waals surface area contributed by atoms with Crippen LogP contribution in [-0.4, -0.2) is 40.0 Å². The highest BCUT2D eigenvalue weighted by Gasteiger charge is 2.26. The molecule has 7 nitrogen and oxygen atoms in total. The fraction of sp³-hybridized carbons (Fsp3) is 0.474. The highest BCUT2D eigenvalue weighted by atomic mass is 19.3. The first kappa shape index (κ1) is 20.8. The Kier molecular flexibility index (Phi) is 6.50. The number of amides is 2. The molecule has 1 aromatic carbocycles. The topological polar surface area (TPSA) is 88.3 Å². The Morgan fingerprint density at radius 1 is 1.28 bits per heavy atom. The molecule has 0 saturated carbocycles. The molecule has 1 fully saturated rings. The van der Waals surface area contributed by atoms with Crippen LogP contribution in [0.5, 0.6) is 0 Å². The first-order valence-corrected chi connectivity index (χ1v) is 9.34. The van der Waals surface area contributed by atoms with Gasteiger partial charge in [-0.2, -0.15) is 8.78 Å². The summed E-state index contributed by atoms with van der Waals surface area (Å²) >= 11 is 0. The lowest BCUT2D eigenvalue weighted by Gasteiger charge is -2.31. The van der Waals surface area contributed by atoms with Crippen molar-refractivity contribution in [1.82, 2.24) is 20.4 Å². The molecule has 0 bridgehead atoms. The number of hydrogen-bond donors (Lipinski definition) is 1. The average molecular weight is 410 g/mol. The second kappa shape index (κ2) is 9.06. The first-order chi connectivity index (χ1) is 13.9. The Balaban J connectivity index is 1.55. The van der Waals surface area contributed by atoms with Crippen LogP contribution in [0.3, 0.4) is 0 Å². The number of rotatable bonds is 6. The van der Waals surface area contributed by atoms with Gasteiger partial charge in [-0.05, 0) is 25.0 Å². The van der Waals surface area contributed by atoms with Crippen LogP contribution in [0.1, 0.15) is 44.1 Å². The molecule has 10 heteroatoms. The number of halogens is 3. The van der Waals surface area contributed by atoms with Crippen molar-refractivity contribution in [3.05, 3.63) is 35.5 Å². The predicted molar refractivity (Wildman–Crippen MR) is 96.1 cm³/mol. The van der Waals surface area contributed by atoms with Gasteiger partial charge >= 0.3 is 6.43 Å². The van der Waals surface area contributed by atoms with E-state index in [-0.39, 0.29) is 41.3 Å². The van der Waals surface area contributed by atoms with Crippen LogP contribution in [0.15, 0.2) is 22.6 Å². The minimum Gasteiger partial charge on any atom is -0.415 e. The number of nitrogens with zero attached hydrogens (tertiary/aromatic N) is 3. The fourth-order valence-electron chi connectivity index (χ4n) is 3.20. The van der Waals surface area contributed by atoms with Gasteiger partial charge < -0.3 is 14.6 Å². The predicted octanol–water partition coefficient (Wildman–Crippen LogP) is 3.08. The van der Waals surface area contributed by atoms with Crippen molar-refractivity contribution in [2.45, 2.75) is 39.2 Å². The monoisotopic (exact) mass is 410 g/mol. The van der Waals surface area contributed by atoms with Gasteiger partial charge in [-0.25, -0.2) is 4.39 Å². The highest BCUT2D eigenvalue weighted by Crippen LogP contribution is 2.25. The summed E-state index contributed by atoms with van der Waals surface area (Å²) in [5.41, 5.74) is 0.416. The van der Waals surface area contributed by atoms with Crippen LogP contribution in [0, 0.1) is 11.7 Å². The van der Waals surface area contributed by atoms with Crippen LogP contribution < -0.4 is 5.32 Å². The molecule has 0 unspecified atom stereocenters. The first-order valence-electron chi connectivity index (χ1n) is 9.34. The van der Waals surface area contributed by atoms with Gasteiger partial charge in [0.25, 0.3) is 5.89 Å². The van der Waals surface area contributed by atoms with Gasteiger partial charge in [-0.1, -0.05) is 13.0 Å². The minimum absolute atomic E-state index is 0.00876. The molecule has 3 rings (SSSR count). The highest BCUT2D eigenvalue weighted by molar-refractivity contribution is 5.80. The third kappa shape index (κ3) is 4.93. The van der Waals surface area contributed by atoms with E-state index < -0.39 is 18.1 Å². The molecule has 0 spiro atoms. The number of alkyl halides is 2. The van der Waals surface area contributed by atoms with Gasteiger partial charge in [0.05, 0.1) is 0 Å². The van der Waals surface area contributed by atoms with E-state index in [9.17, 15) is 22.8 Å². The van der Waals surface area contributed by atoms with Crippen LogP contribution in [0.2, 0.25) is 0 Å². The third-order valence-corrected chi connectivity index (χ3v) is 4.90. The molecule has 1 aromatic heterocycles. The number of likely N-dealkylation sites (tertiary alicyclic amines) is 1. The molecule has 2 heterocycles. The number of carbonyl (C=O) groups is 2. The zero-order valence-electron chi connectivity index (χ0n) is 15.8.